The Bertz CT molecular complexity index is 596. The van der Waals surface area contributed by atoms with Crippen molar-refractivity contribution in [1.29, 1.82) is 0 Å². The maximum atomic E-state index is 11.8. The molecule has 23 heavy (non-hydrogen) atoms. The largest absolute Gasteiger partial charge is 0.466 e. The number of ether oxygens (including phenoxy) is 3. The van der Waals surface area contributed by atoms with Gasteiger partial charge in [0.2, 0.25) is 5.43 Å². The predicted octanol–water partition coefficient (Wildman–Crippen LogP) is 0.845. The van der Waals surface area contributed by atoms with Crippen molar-refractivity contribution in [2.24, 2.45) is 0 Å². The van der Waals surface area contributed by atoms with E-state index >= 15 is 0 Å². The van der Waals surface area contributed by atoms with E-state index in [1.807, 2.05) is 0 Å². The van der Waals surface area contributed by atoms with Gasteiger partial charge in [0, 0.05) is 32.5 Å². The summed E-state index contributed by atoms with van der Waals surface area (Å²) in [6.07, 6.45) is 0.857. The van der Waals surface area contributed by atoms with Gasteiger partial charge in [-0.3, -0.25) is 9.59 Å². The first-order valence-electron chi connectivity index (χ1n) is 7.29. The molecule has 1 rings (SSSR count). The zero-order valence-electron chi connectivity index (χ0n) is 13.6. The van der Waals surface area contributed by atoms with E-state index in [-0.39, 0.29) is 25.3 Å². The maximum Gasteiger partial charge on any atom is 0.412 e. The van der Waals surface area contributed by atoms with Crippen molar-refractivity contribution in [2.45, 2.75) is 26.8 Å². The number of pyridine rings is 1. The molecule has 0 aliphatic carbocycles. The summed E-state index contributed by atoms with van der Waals surface area (Å²) in [4.78, 5) is 34.7. The molecule has 1 N–H and O–H groups in total. The van der Waals surface area contributed by atoms with Gasteiger partial charge in [0.05, 0.1) is 25.3 Å². The topological polar surface area (TPSA) is 95.9 Å². The lowest BCUT2D eigenvalue weighted by Crippen LogP contribution is -2.31. The van der Waals surface area contributed by atoms with Gasteiger partial charge in [-0.1, -0.05) is 0 Å². The van der Waals surface area contributed by atoms with Crippen LogP contribution in [0.5, 0.6) is 5.75 Å². The molecule has 8 nitrogen and oxygen atoms in total. The third kappa shape index (κ3) is 6.11. The highest BCUT2D eigenvalue weighted by molar-refractivity contribution is 5.73. The highest BCUT2D eigenvalue weighted by atomic mass is 16.6. The van der Waals surface area contributed by atoms with E-state index in [4.69, 9.17) is 14.2 Å². The van der Waals surface area contributed by atoms with Crippen LogP contribution in [0.1, 0.15) is 19.0 Å². The predicted molar refractivity (Wildman–Crippen MR) is 82.6 cm³/mol. The first-order chi connectivity index (χ1) is 11.0. The molecular formula is C15H22N2O6. The fourth-order valence-corrected chi connectivity index (χ4v) is 1.84. The van der Waals surface area contributed by atoms with E-state index in [0.29, 0.717) is 18.8 Å². The summed E-state index contributed by atoms with van der Waals surface area (Å²) in [6, 6.07) is 1.32. The first-order valence-corrected chi connectivity index (χ1v) is 7.29. The minimum Gasteiger partial charge on any atom is -0.466 e. The second-order valence-corrected chi connectivity index (χ2v) is 4.65. The van der Waals surface area contributed by atoms with Gasteiger partial charge in [0.15, 0.2) is 5.75 Å². The lowest BCUT2D eigenvalue weighted by Gasteiger charge is -2.13. The van der Waals surface area contributed by atoms with Crippen LogP contribution in [-0.4, -0.2) is 43.5 Å². The number of hydrogen-bond donors (Lipinski definition) is 1. The summed E-state index contributed by atoms with van der Waals surface area (Å²) in [5.41, 5.74) is 0.131. The SMILES string of the molecule is CCOC(=O)CCNC(=O)Oc1c(C)n(CCOC)ccc1=O. The molecule has 0 aromatic carbocycles. The number of methoxy groups -OCH3 is 1. The van der Waals surface area contributed by atoms with Crippen LogP contribution in [0.15, 0.2) is 17.1 Å². The highest BCUT2D eigenvalue weighted by Gasteiger charge is 2.13. The highest BCUT2D eigenvalue weighted by Crippen LogP contribution is 2.11. The second-order valence-electron chi connectivity index (χ2n) is 4.65. The summed E-state index contributed by atoms with van der Waals surface area (Å²) < 4.78 is 16.5. The summed E-state index contributed by atoms with van der Waals surface area (Å²) in [5.74, 6) is -0.456. The molecule has 0 fully saturated rings. The molecule has 0 radical (unpaired) electrons. The van der Waals surface area contributed by atoms with E-state index in [2.05, 4.69) is 5.32 Å². The van der Waals surface area contributed by atoms with Crippen LogP contribution in [0.25, 0.3) is 0 Å². The van der Waals surface area contributed by atoms with Crippen LogP contribution >= 0.6 is 0 Å². The molecular weight excluding hydrogens is 304 g/mol. The van der Waals surface area contributed by atoms with Gasteiger partial charge in [0.1, 0.15) is 0 Å². The van der Waals surface area contributed by atoms with Crippen molar-refractivity contribution in [3.8, 4) is 5.75 Å². The Balaban J connectivity index is 2.63. The smallest absolute Gasteiger partial charge is 0.412 e. The molecule has 0 aliphatic heterocycles. The standard InChI is InChI=1S/C15H22N2O6/c1-4-22-13(19)5-7-16-15(20)23-14-11(2)17(9-10-21-3)8-6-12(14)18/h6,8H,4-5,7,9-10H2,1-3H3,(H,16,20). The third-order valence-corrected chi connectivity index (χ3v) is 3.02. The number of esters is 1. The van der Waals surface area contributed by atoms with Crippen molar-refractivity contribution in [3.63, 3.8) is 0 Å². The molecule has 1 aromatic rings. The van der Waals surface area contributed by atoms with Crippen molar-refractivity contribution in [2.75, 3.05) is 26.9 Å². The van der Waals surface area contributed by atoms with Crippen molar-refractivity contribution < 1.29 is 23.8 Å². The van der Waals surface area contributed by atoms with Gasteiger partial charge in [-0.25, -0.2) is 4.79 Å². The molecule has 0 unspecified atom stereocenters. The summed E-state index contributed by atoms with van der Waals surface area (Å²) in [7, 11) is 1.58. The maximum absolute atomic E-state index is 11.8. The Kier molecular flexibility index (Phi) is 7.82. The third-order valence-electron chi connectivity index (χ3n) is 3.02. The van der Waals surface area contributed by atoms with Crippen molar-refractivity contribution in [3.05, 3.63) is 28.2 Å². The summed E-state index contributed by atoms with van der Waals surface area (Å²) in [5, 5.41) is 2.40. The molecule has 0 bridgehead atoms. The van der Waals surface area contributed by atoms with Crippen molar-refractivity contribution >= 4 is 12.1 Å². The van der Waals surface area contributed by atoms with E-state index in [1.165, 1.54) is 6.07 Å². The molecule has 0 saturated heterocycles. The van der Waals surface area contributed by atoms with Gasteiger partial charge in [-0.05, 0) is 13.8 Å². The van der Waals surface area contributed by atoms with Crippen LogP contribution in [-0.2, 0) is 20.8 Å². The van der Waals surface area contributed by atoms with Crippen molar-refractivity contribution in [1.82, 2.24) is 9.88 Å². The monoisotopic (exact) mass is 326 g/mol. The lowest BCUT2D eigenvalue weighted by molar-refractivity contribution is -0.142. The number of nitrogens with zero attached hydrogens (tertiary/aromatic N) is 1. The average molecular weight is 326 g/mol. The van der Waals surface area contributed by atoms with Gasteiger partial charge in [-0.2, -0.15) is 0 Å². The Labute approximate surface area is 134 Å². The normalized spacial score (nSPS) is 10.2. The summed E-state index contributed by atoms with van der Waals surface area (Å²) >= 11 is 0. The quantitative estimate of drug-likeness (QED) is 0.711. The number of aromatic nitrogens is 1. The number of nitrogens with one attached hydrogen (secondary N) is 1. The molecule has 0 atom stereocenters. The number of rotatable bonds is 8. The molecule has 8 heteroatoms. The minimum atomic E-state index is -0.793. The zero-order chi connectivity index (χ0) is 17.2. The van der Waals surface area contributed by atoms with Gasteiger partial charge >= 0.3 is 12.1 Å². The summed E-state index contributed by atoms with van der Waals surface area (Å²) in [6.45, 7) is 4.73. The molecule has 0 aliphatic rings. The fourth-order valence-electron chi connectivity index (χ4n) is 1.84. The molecule has 0 saturated carbocycles. The van der Waals surface area contributed by atoms with Crippen LogP contribution in [0.4, 0.5) is 4.79 Å². The molecule has 128 valence electrons. The van der Waals surface area contributed by atoms with Gasteiger partial charge in [0.25, 0.3) is 0 Å². The fraction of sp³-hybridized carbons (Fsp3) is 0.533. The van der Waals surface area contributed by atoms with E-state index < -0.39 is 17.5 Å². The Hall–Kier alpha value is -2.35. The first kappa shape index (κ1) is 18.7. The van der Waals surface area contributed by atoms with Crippen LogP contribution in [0.2, 0.25) is 0 Å². The Morgan fingerprint density at radius 1 is 1.35 bits per heavy atom. The Morgan fingerprint density at radius 2 is 2.09 bits per heavy atom. The molecule has 1 amide bonds. The van der Waals surface area contributed by atoms with Crippen LogP contribution in [0, 0.1) is 6.92 Å². The van der Waals surface area contributed by atoms with E-state index in [9.17, 15) is 14.4 Å². The molecule has 1 aromatic heterocycles. The van der Waals surface area contributed by atoms with E-state index in [0.717, 1.165) is 0 Å². The Morgan fingerprint density at radius 3 is 2.74 bits per heavy atom. The van der Waals surface area contributed by atoms with E-state index in [1.54, 1.807) is 31.7 Å². The number of amides is 1. The zero-order valence-corrected chi connectivity index (χ0v) is 13.6. The minimum absolute atomic E-state index is 0.0365. The van der Waals surface area contributed by atoms with Gasteiger partial charge < -0.3 is 24.1 Å². The van der Waals surface area contributed by atoms with Crippen LogP contribution < -0.4 is 15.5 Å². The number of hydrogen-bond acceptors (Lipinski definition) is 6. The second kappa shape index (κ2) is 9.62. The van der Waals surface area contributed by atoms with Crippen LogP contribution in [0.3, 0.4) is 0 Å². The lowest BCUT2D eigenvalue weighted by atomic mass is 10.3. The number of carbonyl (C=O) groups is 2. The molecule has 0 spiro atoms. The molecule has 1 heterocycles. The van der Waals surface area contributed by atoms with Gasteiger partial charge in [-0.15, -0.1) is 0 Å². The number of carbonyl (C=O) groups excluding carboxylic acids is 2. The average Bonchev–Trinajstić information content (AvgIpc) is 2.51.